The molecule has 2 N–H and O–H groups in total. The van der Waals surface area contributed by atoms with Crippen molar-refractivity contribution in [3.8, 4) is 0 Å². The third kappa shape index (κ3) is 2.79. The number of nitrogens with zero attached hydrogens (tertiary/aromatic N) is 5. The molecule has 0 amide bonds. The van der Waals surface area contributed by atoms with E-state index >= 15 is 0 Å². The number of rotatable bonds is 6. The fraction of sp³-hybridized carbons (Fsp3) is 0.636. The Labute approximate surface area is 115 Å². The molecule has 1 aliphatic carbocycles. The quantitative estimate of drug-likeness (QED) is 0.791. The number of hydrogen-bond acceptors (Lipinski definition) is 7. The van der Waals surface area contributed by atoms with Crippen LogP contribution < -0.4 is 5.73 Å². The van der Waals surface area contributed by atoms with Crippen molar-refractivity contribution in [3.63, 3.8) is 0 Å². The fourth-order valence-corrected chi connectivity index (χ4v) is 2.66. The highest BCUT2D eigenvalue weighted by Gasteiger charge is 2.29. The summed E-state index contributed by atoms with van der Waals surface area (Å²) in [6.45, 7) is 3.22. The predicted molar refractivity (Wildman–Crippen MR) is 69.6 cm³/mol. The minimum Gasteiger partial charge on any atom is -0.339 e. The summed E-state index contributed by atoms with van der Waals surface area (Å²) in [5.41, 5.74) is 5.58. The van der Waals surface area contributed by atoms with E-state index in [0.29, 0.717) is 24.0 Å². The minimum atomic E-state index is 0.495. The van der Waals surface area contributed by atoms with E-state index < -0.39 is 0 Å². The van der Waals surface area contributed by atoms with Crippen LogP contribution in [0.2, 0.25) is 0 Å². The molecule has 2 aromatic heterocycles. The van der Waals surface area contributed by atoms with E-state index in [1.165, 1.54) is 12.8 Å². The molecule has 19 heavy (non-hydrogen) atoms. The molecular formula is C11H16N6OS. The van der Waals surface area contributed by atoms with Crippen molar-refractivity contribution >= 4 is 11.8 Å². The van der Waals surface area contributed by atoms with Crippen LogP contribution in [0.15, 0.2) is 9.68 Å². The first kappa shape index (κ1) is 12.6. The van der Waals surface area contributed by atoms with Crippen molar-refractivity contribution in [1.29, 1.82) is 0 Å². The van der Waals surface area contributed by atoms with E-state index in [0.717, 1.165) is 23.4 Å². The van der Waals surface area contributed by atoms with Gasteiger partial charge in [-0.25, -0.2) is 0 Å². The molecule has 7 nitrogen and oxygen atoms in total. The second kappa shape index (κ2) is 5.30. The van der Waals surface area contributed by atoms with Crippen LogP contribution in [0.3, 0.4) is 0 Å². The Kier molecular flexibility index (Phi) is 3.52. The molecule has 0 bridgehead atoms. The number of hydrogen-bond donors (Lipinski definition) is 1. The molecule has 8 heteroatoms. The normalized spacial score (nSPS) is 15.1. The summed E-state index contributed by atoms with van der Waals surface area (Å²) in [5, 5.41) is 13.0. The maximum atomic E-state index is 5.58. The third-order valence-corrected chi connectivity index (χ3v) is 3.96. The van der Waals surface area contributed by atoms with Gasteiger partial charge in [-0.3, -0.25) is 0 Å². The Morgan fingerprint density at radius 3 is 3.00 bits per heavy atom. The molecule has 102 valence electrons. The fourth-order valence-electron chi connectivity index (χ4n) is 1.81. The van der Waals surface area contributed by atoms with Gasteiger partial charge in [0, 0.05) is 19.0 Å². The van der Waals surface area contributed by atoms with Gasteiger partial charge in [-0.05, 0) is 19.8 Å². The van der Waals surface area contributed by atoms with Crippen LogP contribution >= 0.6 is 11.8 Å². The summed E-state index contributed by atoms with van der Waals surface area (Å²) in [7, 11) is 0. The Balaban J connectivity index is 1.64. The van der Waals surface area contributed by atoms with Crippen molar-refractivity contribution in [1.82, 2.24) is 24.9 Å². The molecule has 0 spiro atoms. The Hall–Kier alpha value is -1.41. The van der Waals surface area contributed by atoms with Crippen molar-refractivity contribution in [2.75, 3.05) is 6.54 Å². The van der Waals surface area contributed by atoms with E-state index in [-0.39, 0.29) is 0 Å². The molecule has 3 rings (SSSR count). The average Bonchev–Trinajstić information content (AvgIpc) is 3.06. The molecule has 0 aliphatic heterocycles. The van der Waals surface area contributed by atoms with Gasteiger partial charge in [0.05, 0.1) is 5.75 Å². The zero-order valence-corrected chi connectivity index (χ0v) is 11.6. The van der Waals surface area contributed by atoms with Crippen molar-refractivity contribution in [3.05, 3.63) is 17.5 Å². The van der Waals surface area contributed by atoms with Crippen LogP contribution in [0.25, 0.3) is 0 Å². The Bertz CT molecular complexity index is 561. The van der Waals surface area contributed by atoms with E-state index in [1.807, 2.05) is 11.5 Å². The number of aryl methyl sites for hydroxylation is 1. The number of thioether (sulfide) groups is 1. The molecule has 0 radical (unpaired) electrons. The lowest BCUT2D eigenvalue weighted by molar-refractivity contribution is 0.375. The molecule has 1 fully saturated rings. The lowest BCUT2D eigenvalue weighted by Crippen LogP contribution is -2.12. The molecule has 2 heterocycles. The third-order valence-electron chi connectivity index (χ3n) is 3.00. The van der Waals surface area contributed by atoms with E-state index in [9.17, 15) is 0 Å². The van der Waals surface area contributed by atoms with E-state index in [2.05, 4.69) is 20.3 Å². The zero-order valence-electron chi connectivity index (χ0n) is 10.7. The Morgan fingerprint density at radius 2 is 2.26 bits per heavy atom. The molecule has 0 unspecified atom stereocenters. The van der Waals surface area contributed by atoms with Gasteiger partial charge < -0.3 is 14.8 Å². The van der Waals surface area contributed by atoms with E-state index in [1.54, 1.807) is 11.8 Å². The van der Waals surface area contributed by atoms with Crippen LogP contribution in [0.1, 0.15) is 36.3 Å². The van der Waals surface area contributed by atoms with Crippen LogP contribution in [0.4, 0.5) is 0 Å². The van der Waals surface area contributed by atoms with Gasteiger partial charge in [-0.1, -0.05) is 16.9 Å². The summed E-state index contributed by atoms with van der Waals surface area (Å²) in [5.74, 6) is 3.50. The molecule has 0 saturated heterocycles. The molecule has 1 saturated carbocycles. The first-order valence-corrected chi connectivity index (χ1v) is 7.31. The van der Waals surface area contributed by atoms with Crippen molar-refractivity contribution in [2.24, 2.45) is 5.73 Å². The summed E-state index contributed by atoms with van der Waals surface area (Å²) in [6, 6.07) is 0. The highest BCUT2D eigenvalue weighted by molar-refractivity contribution is 7.98. The number of nitrogens with two attached hydrogens (primary N) is 1. The van der Waals surface area contributed by atoms with Gasteiger partial charge >= 0.3 is 0 Å². The number of aromatic nitrogens is 5. The highest BCUT2D eigenvalue weighted by Crippen LogP contribution is 2.39. The average molecular weight is 280 g/mol. The molecule has 2 aromatic rings. The monoisotopic (exact) mass is 280 g/mol. The zero-order chi connectivity index (χ0) is 13.2. The largest absolute Gasteiger partial charge is 0.339 e. The lowest BCUT2D eigenvalue weighted by Gasteiger charge is -2.04. The summed E-state index contributed by atoms with van der Waals surface area (Å²) >= 11 is 1.56. The van der Waals surface area contributed by atoms with Crippen LogP contribution in [-0.4, -0.2) is 31.4 Å². The van der Waals surface area contributed by atoms with Gasteiger partial charge in [0.1, 0.15) is 5.82 Å². The lowest BCUT2D eigenvalue weighted by atomic mass is 10.4. The first-order valence-electron chi connectivity index (χ1n) is 6.33. The summed E-state index contributed by atoms with van der Waals surface area (Å²) in [6.07, 6.45) is 2.33. The van der Waals surface area contributed by atoms with Crippen molar-refractivity contribution < 1.29 is 4.52 Å². The van der Waals surface area contributed by atoms with Crippen LogP contribution in [0, 0.1) is 6.92 Å². The van der Waals surface area contributed by atoms with Gasteiger partial charge in [0.25, 0.3) is 0 Å². The molecule has 0 aromatic carbocycles. The molecule has 0 atom stereocenters. The smallest absolute Gasteiger partial charge is 0.229 e. The maximum absolute atomic E-state index is 5.58. The van der Waals surface area contributed by atoms with Crippen LogP contribution in [-0.2, 0) is 12.3 Å². The summed E-state index contributed by atoms with van der Waals surface area (Å²) in [4.78, 5) is 4.39. The van der Waals surface area contributed by atoms with Crippen LogP contribution in [0.5, 0.6) is 0 Å². The minimum absolute atomic E-state index is 0.495. The molecular weight excluding hydrogens is 264 g/mol. The van der Waals surface area contributed by atoms with Gasteiger partial charge in [-0.2, -0.15) is 4.98 Å². The van der Waals surface area contributed by atoms with E-state index in [4.69, 9.17) is 10.3 Å². The highest BCUT2D eigenvalue weighted by atomic mass is 32.2. The predicted octanol–water partition coefficient (Wildman–Crippen LogP) is 1.10. The van der Waals surface area contributed by atoms with Crippen molar-refractivity contribution in [2.45, 2.75) is 43.1 Å². The summed E-state index contributed by atoms with van der Waals surface area (Å²) < 4.78 is 7.23. The Morgan fingerprint density at radius 1 is 1.42 bits per heavy atom. The SMILES string of the molecule is Cc1nnc(SCc2noc(C3CC3)n2)n1CCN. The maximum Gasteiger partial charge on any atom is 0.229 e. The standard InChI is InChI=1S/C11H16N6OS/c1-7-14-15-11(17(7)5-4-12)19-6-9-13-10(18-16-9)8-2-3-8/h8H,2-6,12H2,1H3. The molecule has 1 aliphatic rings. The topological polar surface area (TPSA) is 95.6 Å². The second-order valence-corrected chi connectivity index (χ2v) is 5.52. The second-order valence-electron chi connectivity index (χ2n) is 4.58. The van der Waals surface area contributed by atoms with Gasteiger partial charge in [-0.15, -0.1) is 10.2 Å². The first-order chi connectivity index (χ1) is 9.28. The van der Waals surface area contributed by atoms with Gasteiger partial charge in [0.2, 0.25) is 5.89 Å². The van der Waals surface area contributed by atoms with Gasteiger partial charge in [0.15, 0.2) is 11.0 Å².